The molecule has 1 aromatic heterocycles. The van der Waals surface area contributed by atoms with E-state index < -0.39 is 71.6 Å². The van der Waals surface area contributed by atoms with Gasteiger partial charge in [0.1, 0.15) is 10.7 Å². The molecule has 0 bridgehead atoms. The summed E-state index contributed by atoms with van der Waals surface area (Å²) in [5, 5.41) is 3.54. The first-order chi connectivity index (χ1) is 37.4. The van der Waals surface area contributed by atoms with Crippen LogP contribution in [0.15, 0.2) is 135 Å². The molecule has 8 rings (SSSR count). The molecule has 1 unspecified atom stereocenters. The highest BCUT2D eigenvalue weighted by molar-refractivity contribution is 7.99. The summed E-state index contributed by atoms with van der Waals surface area (Å²) < 4.78 is 155. The molecular formula is C54H62ClF4N6O9PS4. The minimum atomic E-state index is -6.07. The van der Waals surface area contributed by atoms with Gasteiger partial charge >= 0.3 is 5.51 Å². The third-order valence-corrected chi connectivity index (χ3v) is 19.7. The van der Waals surface area contributed by atoms with Crippen LogP contribution in [0.3, 0.4) is 0 Å². The van der Waals surface area contributed by atoms with E-state index in [2.05, 4.69) is 14.9 Å². The Bertz CT molecular complexity index is 3420. The van der Waals surface area contributed by atoms with E-state index in [0.717, 1.165) is 29.0 Å². The summed E-state index contributed by atoms with van der Waals surface area (Å²) in [5.41, 5.74) is -2.17. The summed E-state index contributed by atoms with van der Waals surface area (Å²) in [5.74, 6) is -0.210. The molecule has 15 nitrogen and oxygen atoms in total. The van der Waals surface area contributed by atoms with Crippen molar-refractivity contribution in [1.82, 2.24) is 9.47 Å². The van der Waals surface area contributed by atoms with Gasteiger partial charge in [0.25, 0.3) is 19.9 Å². The van der Waals surface area contributed by atoms with Gasteiger partial charge in [-0.25, -0.2) is 29.6 Å². The standard InChI is InChI=1S/C54H62ClF4N6O9PS4/c1-36(2)65-37(3)53(77(4,67)68)51(52(65)38-10-12-40(55)13-11-38)39-30-41(56)32-45(31-39)64-28-26-63(27-29-64)44-16-14-42(15-17-44)61-79(71,72)48-18-19-49(50(33-48)78(69,70)54(57,58)59)60-43(34-76-47-8-6-5-7-9-47)20-23-62-24-21-46(22-25-62)73-35-74-75-66/h5-19,30-33,36,43,46,60-61,66,75H,20-29,34-35H2,1-4H3/t43-/m1/s1. The lowest BCUT2D eigenvalue weighted by Gasteiger charge is -2.37. The highest BCUT2D eigenvalue weighted by Gasteiger charge is 2.48. The number of nitrogens with one attached hydrogen (secondary N) is 2. The van der Waals surface area contributed by atoms with Crippen molar-refractivity contribution in [3.05, 3.63) is 132 Å². The number of hydrogen-bond donors (Lipinski definition) is 3. The molecule has 2 aliphatic rings. The molecule has 3 heterocycles. The average Bonchev–Trinajstić information content (AvgIpc) is 3.85. The minimum Gasteiger partial charge on any atom is -0.380 e. The predicted octanol–water partition coefficient (Wildman–Crippen LogP) is 11.2. The summed E-state index contributed by atoms with van der Waals surface area (Å²) in [4.78, 5) is 14.2. The Hall–Kier alpha value is -4.94. The molecule has 3 N–H and O–H groups in total. The Morgan fingerprint density at radius 2 is 1.46 bits per heavy atom. The summed E-state index contributed by atoms with van der Waals surface area (Å²) in [6.07, 6.45) is 2.88. The van der Waals surface area contributed by atoms with Crippen molar-refractivity contribution in [3.63, 3.8) is 0 Å². The fourth-order valence-corrected chi connectivity index (χ4v) is 14.7. The van der Waals surface area contributed by atoms with Gasteiger partial charge in [0.2, 0.25) is 0 Å². The molecule has 2 atom stereocenters. The van der Waals surface area contributed by atoms with E-state index in [1.807, 2.05) is 70.7 Å². The number of hydrogen-bond acceptors (Lipinski definition) is 14. The second kappa shape index (κ2) is 25.5. The van der Waals surface area contributed by atoms with E-state index in [1.54, 1.807) is 37.3 Å². The van der Waals surface area contributed by atoms with Gasteiger partial charge < -0.3 is 38.7 Å². The Kier molecular flexibility index (Phi) is 19.4. The number of piperidine rings is 1. The maximum Gasteiger partial charge on any atom is 0.501 e. The lowest BCUT2D eigenvalue weighted by atomic mass is 9.99. The molecule has 0 aliphatic carbocycles. The van der Waals surface area contributed by atoms with Gasteiger partial charge in [-0.1, -0.05) is 41.9 Å². The zero-order valence-electron chi connectivity index (χ0n) is 43.7. The van der Waals surface area contributed by atoms with Gasteiger partial charge in [-0.05, 0) is 136 Å². The average molecular weight is 1210 g/mol. The van der Waals surface area contributed by atoms with Crippen molar-refractivity contribution in [2.24, 2.45) is 0 Å². The molecule has 25 heteroatoms. The van der Waals surface area contributed by atoms with Gasteiger partial charge in [0, 0.05) is 108 Å². The zero-order chi connectivity index (χ0) is 56.9. The number of nitrogens with zero attached hydrogens (tertiary/aromatic N) is 4. The number of ether oxygens (including phenoxy) is 1. The molecular weight excluding hydrogens is 1150 g/mol. The second-order valence-corrected chi connectivity index (χ2v) is 27.2. The van der Waals surface area contributed by atoms with Crippen molar-refractivity contribution in [1.29, 1.82) is 0 Å². The number of rotatable bonds is 22. The molecule has 0 amide bonds. The Morgan fingerprint density at radius 1 is 0.810 bits per heavy atom. The largest absolute Gasteiger partial charge is 0.501 e. The highest BCUT2D eigenvalue weighted by Crippen LogP contribution is 2.45. The van der Waals surface area contributed by atoms with Crippen molar-refractivity contribution in [3.8, 4) is 22.4 Å². The number of thioether (sulfide) groups is 1. The number of sulfonamides is 1. The molecule has 2 fully saturated rings. The number of piperazine rings is 1. The molecule has 2 saturated heterocycles. The quantitative estimate of drug-likeness (QED) is 0.0192. The van der Waals surface area contributed by atoms with Crippen molar-refractivity contribution in [2.75, 3.05) is 84.5 Å². The molecule has 0 spiro atoms. The van der Waals surface area contributed by atoms with Crippen LogP contribution in [0, 0.1) is 12.7 Å². The smallest absolute Gasteiger partial charge is 0.380 e. The maximum absolute atomic E-state index is 15.8. The number of benzene rings is 5. The SMILES string of the molecule is Cc1c(S(C)(=O)=O)c(-c2cc(F)cc(N3CCN(c4ccc(NS(=O)(=O)c5ccc(N[C@H](CCN6CCC(OCOPO)CC6)CSc6ccccc6)c(S(=O)(=O)C(F)(F)F)c5)cc4)CC3)c2)c(-c2ccc(Cl)cc2)n1C(C)C. The maximum atomic E-state index is 15.8. The lowest BCUT2D eigenvalue weighted by Crippen LogP contribution is -2.46. The number of aromatic nitrogens is 1. The summed E-state index contributed by atoms with van der Waals surface area (Å²) in [6.45, 7) is 9.28. The van der Waals surface area contributed by atoms with Gasteiger partial charge in [-0.15, -0.1) is 11.8 Å². The first-order valence-corrected chi connectivity index (χ1v) is 32.4. The third kappa shape index (κ3) is 14.6. The van der Waals surface area contributed by atoms with Crippen LogP contribution in [0.5, 0.6) is 0 Å². The van der Waals surface area contributed by atoms with Crippen LogP contribution in [-0.2, 0) is 39.0 Å². The Balaban J connectivity index is 0.971. The monoisotopic (exact) mass is 1210 g/mol. The van der Waals surface area contributed by atoms with E-state index in [1.165, 1.54) is 36.0 Å². The zero-order valence-corrected chi connectivity index (χ0v) is 48.7. The molecule has 2 aliphatic heterocycles. The second-order valence-electron chi connectivity index (χ2n) is 19.6. The molecule has 5 aromatic carbocycles. The lowest BCUT2D eigenvalue weighted by molar-refractivity contribution is -0.0567. The van der Waals surface area contributed by atoms with Gasteiger partial charge in [-0.2, -0.15) is 13.2 Å². The topological polar surface area (TPSA) is 180 Å². The summed E-state index contributed by atoms with van der Waals surface area (Å²) in [6, 6.07) is 29.2. The third-order valence-electron chi connectivity index (χ3n) is 13.9. The van der Waals surface area contributed by atoms with Crippen molar-refractivity contribution >= 4 is 84.8 Å². The van der Waals surface area contributed by atoms with Crippen LogP contribution in [0.2, 0.25) is 5.02 Å². The molecule has 0 radical (unpaired) electrons. The Labute approximate surface area is 470 Å². The molecule has 6 aromatic rings. The van der Waals surface area contributed by atoms with E-state index >= 15 is 4.39 Å². The highest BCUT2D eigenvalue weighted by atomic mass is 35.5. The van der Waals surface area contributed by atoms with Crippen LogP contribution in [-0.4, -0.2) is 122 Å². The summed E-state index contributed by atoms with van der Waals surface area (Å²) >= 11 is 7.69. The fraction of sp³-hybridized carbons (Fsp3) is 0.370. The number of sulfone groups is 2. The van der Waals surface area contributed by atoms with Crippen LogP contribution in [0.25, 0.3) is 22.4 Å². The number of alkyl halides is 3. The number of likely N-dealkylation sites (tertiary alicyclic amines) is 1. The van der Waals surface area contributed by atoms with Crippen LogP contribution < -0.4 is 19.8 Å². The summed E-state index contributed by atoms with van der Waals surface area (Å²) in [7, 11) is -15.2. The van der Waals surface area contributed by atoms with Crippen LogP contribution >= 0.6 is 32.4 Å². The number of halogens is 5. The first-order valence-electron chi connectivity index (χ1n) is 25.3. The molecule has 79 heavy (non-hydrogen) atoms. The molecule has 426 valence electrons. The van der Waals surface area contributed by atoms with E-state index in [9.17, 15) is 38.4 Å². The van der Waals surface area contributed by atoms with Gasteiger partial charge in [-0.3, -0.25) is 4.72 Å². The van der Waals surface area contributed by atoms with E-state index in [0.29, 0.717) is 116 Å². The van der Waals surface area contributed by atoms with Crippen LogP contribution in [0.1, 0.15) is 44.8 Å². The predicted molar refractivity (Wildman–Crippen MR) is 306 cm³/mol. The van der Waals surface area contributed by atoms with E-state index in [-0.39, 0.29) is 29.5 Å². The van der Waals surface area contributed by atoms with Gasteiger partial charge in [0.05, 0.1) is 27.3 Å². The normalized spacial score (nSPS) is 15.8. The molecule has 0 saturated carbocycles. The first kappa shape index (κ1) is 60.2. The van der Waals surface area contributed by atoms with E-state index in [4.69, 9.17) is 25.8 Å². The number of anilines is 4. The van der Waals surface area contributed by atoms with Gasteiger partial charge in [0.15, 0.2) is 25.7 Å². The fourth-order valence-electron chi connectivity index (χ4n) is 10.1. The van der Waals surface area contributed by atoms with Crippen molar-refractivity contribution in [2.45, 2.75) is 83.3 Å². The minimum absolute atomic E-state index is 0.0231. The van der Waals surface area contributed by atoms with Crippen molar-refractivity contribution < 1.29 is 57.0 Å². The van der Waals surface area contributed by atoms with Crippen LogP contribution in [0.4, 0.5) is 40.3 Å². The Morgan fingerprint density at radius 3 is 2.06 bits per heavy atom.